The van der Waals surface area contributed by atoms with Gasteiger partial charge < -0.3 is 5.11 Å². The molecule has 0 saturated carbocycles. The Hall–Kier alpha value is -1.03. The Morgan fingerprint density at radius 2 is 2.27 bits per heavy atom. The fourth-order valence-electron chi connectivity index (χ4n) is 1.46. The van der Waals surface area contributed by atoms with E-state index in [0.717, 1.165) is 10.5 Å². The summed E-state index contributed by atoms with van der Waals surface area (Å²) in [6.45, 7) is 1.79. The molecule has 2 nitrogen and oxygen atoms in total. The number of hydrogen-bond donors (Lipinski definition) is 1. The van der Waals surface area contributed by atoms with Crippen LogP contribution in [-0.2, 0) is 4.79 Å². The van der Waals surface area contributed by atoms with E-state index >= 15 is 0 Å². The van der Waals surface area contributed by atoms with Crippen LogP contribution < -0.4 is 0 Å². The highest BCUT2D eigenvalue weighted by Gasteiger charge is 2.14. The number of carbonyl (C=O) groups is 1. The van der Waals surface area contributed by atoms with Gasteiger partial charge in [0, 0.05) is 4.90 Å². The average Bonchev–Trinajstić information content (AvgIpc) is 2.16. The van der Waals surface area contributed by atoms with Crippen LogP contribution in [0.25, 0.3) is 0 Å². The Morgan fingerprint density at radius 1 is 1.60 bits per heavy atom. The Labute approximate surface area is 92.5 Å². The third-order valence-electron chi connectivity index (χ3n) is 2.20. The molecule has 0 aromatic heterocycles. The SMILES string of the molecule is CSc1ccc(F)cc1C(C)CC(=O)O. The molecule has 1 aromatic carbocycles. The molecule has 1 atom stereocenters. The van der Waals surface area contributed by atoms with Crippen molar-refractivity contribution in [3.63, 3.8) is 0 Å². The maximum Gasteiger partial charge on any atom is 0.303 e. The molecule has 1 unspecified atom stereocenters. The maximum absolute atomic E-state index is 13.0. The molecule has 0 saturated heterocycles. The summed E-state index contributed by atoms with van der Waals surface area (Å²) in [7, 11) is 0. The summed E-state index contributed by atoms with van der Waals surface area (Å²) in [5.74, 6) is -1.35. The smallest absolute Gasteiger partial charge is 0.303 e. The molecule has 0 spiro atoms. The van der Waals surface area contributed by atoms with Gasteiger partial charge in [0.1, 0.15) is 5.82 Å². The van der Waals surface area contributed by atoms with Crippen LogP contribution in [0.2, 0.25) is 0 Å². The van der Waals surface area contributed by atoms with Crippen LogP contribution in [-0.4, -0.2) is 17.3 Å². The first-order valence-electron chi connectivity index (χ1n) is 4.59. The van der Waals surface area contributed by atoms with Crippen molar-refractivity contribution < 1.29 is 14.3 Å². The van der Waals surface area contributed by atoms with Gasteiger partial charge in [-0.25, -0.2) is 4.39 Å². The van der Waals surface area contributed by atoms with Gasteiger partial charge in [0.25, 0.3) is 0 Å². The molecule has 4 heteroatoms. The molecule has 0 aliphatic rings. The van der Waals surface area contributed by atoms with E-state index in [1.807, 2.05) is 6.26 Å². The summed E-state index contributed by atoms with van der Waals surface area (Å²) in [6, 6.07) is 4.50. The van der Waals surface area contributed by atoms with Crippen LogP contribution in [0.5, 0.6) is 0 Å². The van der Waals surface area contributed by atoms with Gasteiger partial charge >= 0.3 is 5.97 Å². The Kier molecular flexibility index (Phi) is 4.15. The zero-order valence-electron chi connectivity index (χ0n) is 8.66. The summed E-state index contributed by atoms with van der Waals surface area (Å²) in [5.41, 5.74) is 0.768. The van der Waals surface area contributed by atoms with E-state index in [4.69, 9.17) is 5.11 Å². The van der Waals surface area contributed by atoms with Crippen molar-refractivity contribution in [3.8, 4) is 0 Å². The van der Waals surface area contributed by atoms with Crippen molar-refractivity contribution in [1.29, 1.82) is 0 Å². The maximum atomic E-state index is 13.0. The molecule has 0 aliphatic carbocycles. The molecule has 1 aromatic rings. The summed E-state index contributed by atoms with van der Waals surface area (Å²) >= 11 is 1.50. The molecule has 0 radical (unpaired) electrons. The first-order chi connectivity index (χ1) is 7.04. The molecular formula is C11H13FO2S. The highest BCUT2D eigenvalue weighted by atomic mass is 32.2. The number of hydrogen-bond acceptors (Lipinski definition) is 2. The highest BCUT2D eigenvalue weighted by Crippen LogP contribution is 2.29. The van der Waals surface area contributed by atoms with Crippen LogP contribution in [0.4, 0.5) is 4.39 Å². The Balaban J connectivity index is 2.99. The molecule has 0 fully saturated rings. The van der Waals surface area contributed by atoms with Crippen LogP contribution in [0, 0.1) is 5.82 Å². The predicted molar refractivity (Wildman–Crippen MR) is 58.8 cm³/mol. The third-order valence-corrected chi connectivity index (χ3v) is 3.02. The average molecular weight is 228 g/mol. The Bertz CT molecular complexity index is 366. The van der Waals surface area contributed by atoms with E-state index in [2.05, 4.69) is 0 Å². The summed E-state index contributed by atoms with van der Waals surface area (Å²) in [4.78, 5) is 11.5. The summed E-state index contributed by atoms with van der Waals surface area (Å²) in [6.07, 6.45) is 1.92. The van der Waals surface area contributed by atoms with E-state index in [9.17, 15) is 9.18 Å². The lowest BCUT2D eigenvalue weighted by molar-refractivity contribution is -0.137. The number of benzene rings is 1. The quantitative estimate of drug-likeness (QED) is 0.804. The number of carboxylic acid groups (broad SMARTS) is 1. The minimum atomic E-state index is -0.862. The standard InChI is InChI=1S/C11H13FO2S/c1-7(5-11(13)14)9-6-8(12)3-4-10(9)15-2/h3-4,6-7H,5H2,1-2H3,(H,13,14). The number of halogens is 1. The van der Waals surface area contributed by atoms with Gasteiger partial charge in [-0.3, -0.25) is 4.79 Å². The minimum Gasteiger partial charge on any atom is -0.481 e. The molecule has 15 heavy (non-hydrogen) atoms. The van der Waals surface area contributed by atoms with Gasteiger partial charge in [-0.15, -0.1) is 11.8 Å². The van der Waals surface area contributed by atoms with Crippen molar-refractivity contribution in [2.24, 2.45) is 0 Å². The second-order valence-corrected chi connectivity index (χ2v) is 4.23. The first-order valence-corrected chi connectivity index (χ1v) is 5.82. The first kappa shape index (κ1) is 12.0. The molecule has 0 aliphatic heterocycles. The lowest BCUT2D eigenvalue weighted by Gasteiger charge is -2.13. The third kappa shape index (κ3) is 3.23. The van der Waals surface area contributed by atoms with Gasteiger partial charge in [0.2, 0.25) is 0 Å². The van der Waals surface area contributed by atoms with Crippen molar-refractivity contribution in [2.45, 2.75) is 24.2 Å². The van der Waals surface area contributed by atoms with Gasteiger partial charge in [0.15, 0.2) is 0 Å². The van der Waals surface area contributed by atoms with E-state index in [-0.39, 0.29) is 18.2 Å². The van der Waals surface area contributed by atoms with Crippen molar-refractivity contribution in [3.05, 3.63) is 29.6 Å². The van der Waals surface area contributed by atoms with Crippen LogP contribution in [0.1, 0.15) is 24.8 Å². The zero-order valence-corrected chi connectivity index (χ0v) is 9.47. The van der Waals surface area contributed by atoms with Gasteiger partial charge in [0.05, 0.1) is 6.42 Å². The highest BCUT2D eigenvalue weighted by molar-refractivity contribution is 7.98. The van der Waals surface area contributed by atoms with Gasteiger partial charge in [-0.1, -0.05) is 6.92 Å². The van der Waals surface area contributed by atoms with E-state index in [0.29, 0.717) is 0 Å². The van der Waals surface area contributed by atoms with Gasteiger partial charge in [-0.2, -0.15) is 0 Å². The molecule has 0 heterocycles. The predicted octanol–water partition coefficient (Wildman–Crippen LogP) is 3.13. The zero-order chi connectivity index (χ0) is 11.4. The van der Waals surface area contributed by atoms with E-state index in [1.165, 1.54) is 23.9 Å². The molecule has 1 N–H and O–H groups in total. The molecule has 1 rings (SSSR count). The summed E-state index contributed by atoms with van der Waals surface area (Å²) in [5, 5.41) is 8.68. The largest absolute Gasteiger partial charge is 0.481 e. The van der Waals surface area contributed by atoms with Crippen molar-refractivity contribution in [2.75, 3.05) is 6.26 Å². The number of carboxylic acids is 1. The second-order valence-electron chi connectivity index (χ2n) is 3.39. The lowest BCUT2D eigenvalue weighted by Crippen LogP contribution is -2.04. The monoisotopic (exact) mass is 228 g/mol. The number of thioether (sulfide) groups is 1. The Morgan fingerprint density at radius 3 is 2.80 bits per heavy atom. The minimum absolute atomic E-state index is 0.0248. The number of aliphatic carboxylic acids is 1. The van der Waals surface area contributed by atoms with Crippen molar-refractivity contribution in [1.82, 2.24) is 0 Å². The van der Waals surface area contributed by atoms with Crippen LogP contribution in [0.15, 0.2) is 23.1 Å². The number of rotatable bonds is 4. The normalized spacial score (nSPS) is 12.5. The summed E-state index contributed by atoms with van der Waals surface area (Å²) < 4.78 is 13.0. The second kappa shape index (κ2) is 5.16. The lowest BCUT2D eigenvalue weighted by atomic mass is 9.98. The van der Waals surface area contributed by atoms with Crippen molar-refractivity contribution >= 4 is 17.7 Å². The van der Waals surface area contributed by atoms with Crippen LogP contribution in [0.3, 0.4) is 0 Å². The fraction of sp³-hybridized carbons (Fsp3) is 0.364. The van der Waals surface area contributed by atoms with E-state index in [1.54, 1.807) is 13.0 Å². The molecule has 0 bridgehead atoms. The fourth-order valence-corrected chi connectivity index (χ4v) is 2.16. The van der Waals surface area contributed by atoms with Gasteiger partial charge in [-0.05, 0) is 35.9 Å². The molecule has 82 valence electrons. The van der Waals surface area contributed by atoms with Crippen LogP contribution >= 0.6 is 11.8 Å². The molecular weight excluding hydrogens is 215 g/mol. The van der Waals surface area contributed by atoms with E-state index < -0.39 is 5.97 Å². The molecule has 0 amide bonds. The topological polar surface area (TPSA) is 37.3 Å².